The Hall–Kier alpha value is -0.990. The van der Waals surface area contributed by atoms with E-state index < -0.39 is 15.8 Å². The van der Waals surface area contributed by atoms with Crippen molar-refractivity contribution >= 4 is 27.5 Å². The molecule has 0 fully saturated rings. The predicted molar refractivity (Wildman–Crippen MR) is 75.6 cm³/mol. The molecule has 0 radical (unpaired) electrons. The first kappa shape index (κ1) is 16.1. The Labute approximate surface area is 116 Å². The van der Waals surface area contributed by atoms with Gasteiger partial charge in [-0.2, -0.15) is 11.8 Å². The highest BCUT2D eigenvalue weighted by atomic mass is 32.2. The summed E-state index contributed by atoms with van der Waals surface area (Å²) in [6.45, 7) is 0.302. The monoisotopic (exact) mass is 308 g/mol. The van der Waals surface area contributed by atoms with Gasteiger partial charge in [-0.05, 0) is 30.6 Å². The van der Waals surface area contributed by atoms with Crippen molar-refractivity contribution in [3.05, 3.63) is 17.9 Å². The minimum atomic E-state index is -3.75. The van der Waals surface area contributed by atoms with E-state index in [2.05, 4.69) is 4.72 Å². The van der Waals surface area contributed by atoms with Crippen LogP contribution in [0.2, 0.25) is 0 Å². The lowest BCUT2D eigenvalue weighted by Gasteiger charge is -2.10. The topological polar surface area (TPSA) is 81.4 Å². The van der Waals surface area contributed by atoms with E-state index in [9.17, 15) is 12.8 Å². The van der Waals surface area contributed by atoms with E-state index in [0.717, 1.165) is 11.8 Å². The van der Waals surface area contributed by atoms with Gasteiger partial charge in [0.15, 0.2) is 11.6 Å². The van der Waals surface area contributed by atoms with Gasteiger partial charge in [0.05, 0.1) is 17.7 Å². The van der Waals surface area contributed by atoms with Crippen molar-refractivity contribution in [1.82, 2.24) is 4.72 Å². The van der Waals surface area contributed by atoms with Crippen molar-refractivity contribution in [2.24, 2.45) is 0 Å². The molecule has 0 aliphatic heterocycles. The first-order valence-corrected chi connectivity index (χ1v) is 8.41. The molecule has 19 heavy (non-hydrogen) atoms. The van der Waals surface area contributed by atoms with Crippen molar-refractivity contribution in [3.63, 3.8) is 0 Å². The van der Waals surface area contributed by atoms with Gasteiger partial charge in [-0.3, -0.25) is 0 Å². The maximum atomic E-state index is 13.6. The van der Waals surface area contributed by atoms with E-state index >= 15 is 0 Å². The number of ether oxygens (including phenoxy) is 1. The lowest BCUT2D eigenvalue weighted by molar-refractivity contribution is 0.388. The number of nitrogen functional groups attached to an aromatic ring is 1. The van der Waals surface area contributed by atoms with Crippen molar-refractivity contribution in [2.75, 3.05) is 31.4 Å². The molecule has 8 heteroatoms. The molecule has 108 valence electrons. The van der Waals surface area contributed by atoms with Crippen LogP contribution in [0.1, 0.15) is 6.42 Å². The van der Waals surface area contributed by atoms with Gasteiger partial charge >= 0.3 is 0 Å². The maximum absolute atomic E-state index is 13.6. The fourth-order valence-corrected chi connectivity index (χ4v) is 3.02. The Bertz CT molecular complexity index is 512. The summed E-state index contributed by atoms with van der Waals surface area (Å²) in [5.41, 5.74) is 5.50. The molecule has 0 aliphatic carbocycles. The third-order valence-electron chi connectivity index (χ3n) is 2.38. The molecule has 3 N–H and O–H groups in total. The highest BCUT2D eigenvalue weighted by Gasteiger charge is 2.18. The summed E-state index contributed by atoms with van der Waals surface area (Å²) in [7, 11) is -2.48. The summed E-state index contributed by atoms with van der Waals surface area (Å²) < 4.78 is 44.6. The summed E-state index contributed by atoms with van der Waals surface area (Å²) in [5, 5.41) is 0. The van der Waals surface area contributed by atoms with E-state index in [1.54, 1.807) is 11.8 Å². The molecule has 0 aromatic heterocycles. The van der Waals surface area contributed by atoms with Gasteiger partial charge < -0.3 is 10.5 Å². The molecular weight excluding hydrogens is 291 g/mol. The molecular formula is C11H17FN2O3S2. The first-order valence-electron chi connectivity index (χ1n) is 5.54. The number of nitrogens with two attached hydrogens (primary N) is 1. The molecule has 0 amide bonds. The van der Waals surface area contributed by atoms with Gasteiger partial charge in [0.25, 0.3) is 0 Å². The van der Waals surface area contributed by atoms with Gasteiger partial charge in [0.1, 0.15) is 0 Å². The number of sulfonamides is 1. The quantitative estimate of drug-likeness (QED) is 0.588. The summed E-state index contributed by atoms with van der Waals surface area (Å²) in [6.07, 6.45) is 2.64. The smallest absolute Gasteiger partial charge is 0.240 e. The van der Waals surface area contributed by atoms with Gasteiger partial charge in [-0.1, -0.05) is 0 Å². The lowest BCUT2D eigenvalue weighted by atomic mass is 10.3. The van der Waals surface area contributed by atoms with Gasteiger partial charge in [0, 0.05) is 6.54 Å². The van der Waals surface area contributed by atoms with Crippen molar-refractivity contribution < 1.29 is 17.5 Å². The molecule has 0 spiro atoms. The molecule has 0 heterocycles. The Morgan fingerprint density at radius 1 is 1.47 bits per heavy atom. The number of nitrogens with one attached hydrogen (secondary N) is 1. The zero-order valence-corrected chi connectivity index (χ0v) is 12.4. The summed E-state index contributed by atoms with van der Waals surface area (Å²) >= 11 is 1.63. The number of anilines is 1. The molecule has 0 saturated carbocycles. The molecule has 0 bridgehead atoms. The number of hydrogen-bond acceptors (Lipinski definition) is 5. The average molecular weight is 308 g/mol. The highest BCUT2D eigenvalue weighted by Crippen LogP contribution is 2.28. The number of hydrogen-bond donors (Lipinski definition) is 2. The van der Waals surface area contributed by atoms with Crippen LogP contribution in [-0.4, -0.2) is 34.1 Å². The number of rotatable bonds is 7. The van der Waals surface area contributed by atoms with Crippen molar-refractivity contribution in [3.8, 4) is 5.75 Å². The Morgan fingerprint density at radius 2 is 2.16 bits per heavy atom. The van der Waals surface area contributed by atoms with E-state index in [4.69, 9.17) is 10.5 Å². The lowest BCUT2D eigenvalue weighted by Crippen LogP contribution is -2.25. The molecule has 5 nitrogen and oxygen atoms in total. The van der Waals surface area contributed by atoms with Crippen molar-refractivity contribution in [2.45, 2.75) is 11.3 Å². The Balaban J connectivity index is 2.90. The summed E-state index contributed by atoms with van der Waals surface area (Å²) in [5.74, 6) is -0.102. The Morgan fingerprint density at radius 3 is 2.68 bits per heavy atom. The van der Waals surface area contributed by atoms with Crippen LogP contribution >= 0.6 is 11.8 Å². The van der Waals surface area contributed by atoms with Gasteiger partial charge in [0.2, 0.25) is 10.0 Å². The number of benzene rings is 1. The fourth-order valence-electron chi connectivity index (χ4n) is 1.47. The van der Waals surface area contributed by atoms with Crippen LogP contribution in [0.3, 0.4) is 0 Å². The maximum Gasteiger partial charge on any atom is 0.240 e. The van der Waals surface area contributed by atoms with E-state index in [1.807, 2.05) is 6.26 Å². The van der Waals surface area contributed by atoms with Crippen LogP contribution in [-0.2, 0) is 10.0 Å². The standard InChI is InChI=1S/C11H17FN2O3S2/c1-17-11-9(12)6-8(7-10(11)13)19(15,16)14-4-3-5-18-2/h6-7,14H,3-5,13H2,1-2H3. The van der Waals surface area contributed by atoms with Gasteiger partial charge in [-0.25, -0.2) is 17.5 Å². The van der Waals surface area contributed by atoms with Crippen LogP contribution < -0.4 is 15.2 Å². The van der Waals surface area contributed by atoms with Crippen molar-refractivity contribution in [1.29, 1.82) is 0 Å². The molecule has 1 aromatic rings. The molecule has 0 saturated heterocycles. The van der Waals surface area contributed by atoms with Crippen LogP contribution in [0.25, 0.3) is 0 Å². The summed E-state index contributed by atoms with van der Waals surface area (Å²) in [4.78, 5) is -0.201. The first-order chi connectivity index (χ1) is 8.92. The largest absolute Gasteiger partial charge is 0.492 e. The second kappa shape index (κ2) is 6.97. The third-order valence-corrected chi connectivity index (χ3v) is 4.51. The molecule has 0 unspecified atom stereocenters. The van der Waals surface area contributed by atoms with Crippen LogP contribution in [0.15, 0.2) is 17.0 Å². The molecule has 0 atom stereocenters. The molecule has 1 aromatic carbocycles. The zero-order valence-electron chi connectivity index (χ0n) is 10.8. The van der Waals surface area contributed by atoms with E-state index in [1.165, 1.54) is 13.2 Å². The minimum Gasteiger partial charge on any atom is -0.492 e. The van der Waals surface area contributed by atoms with Gasteiger partial charge in [-0.15, -0.1) is 0 Å². The predicted octanol–water partition coefficient (Wildman–Crippen LogP) is 1.45. The number of methoxy groups -OCH3 is 1. The molecule has 1 rings (SSSR count). The zero-order chi connectivity index (χ0) is 14.5. The fraction of sp³-hybridized carbons (Fsp3) is 0.455. The SMILES string of the molecule is COc1c(N)cc(S(=O)(=O)NCCCSC)cc1F. The van der Waals surface area contributed by atoms with E-state index in [0.29, 0.717) is 13.0 Å². The highest BCUT2D eigenvalue weighted by molar-refractivity contribution is 7.98. The second-order valence-corrected chi connectivity index (χ2v) is 6.52. The second-order valence-electron chi connectivity index (χ2n) is 3.77. The van der Waals surface area contributed by atoms with Crippen LogP contribution in [0.4, 0.5) is 10.1 Å². The van der Waals surface area contributed by atoms with E-state index in [-0.39, 0.29) is 16.3 Å². The van der Waals surface area contributed by atoms with Crippen LogP contribution in [0.5, 0.6) is 5.75 Å². The molecule has 0 aliphatic rings. The normalized spacial score (nSPS) is 11.5. The number of thioether (sulfide) groups is 1. The average Bonchev–Trinajstić information content (AvgIpc) is 2.34. The number of halogens is 1. The third kappa shape index (κ3) is 4.26. The Kier molecular flexibility index (Phi) is 5.89. The van der Waals surface area contributed by atoms with Crippen LogP contribution in [0, 0.1) is 5.82 Å². The minimum absolute atomic E-state index is 0.0491. The summed E-state index contributed by atoms with van der Waals surface area (Å²) in [6, 6.07) is 2.07.